The second-order valence-corrected chi connectivity index (χ2v) is 5.73. The quantitative estimate of drug-likeness (QED) is 0.295. The topological polar surface area (TPSA) is 129 Å². The Bertz CT molecular complexity index is 883. The fraction of sp³-hybridized carbons (Fsp3) is 0.263. The van der Waals surface area contributed by atoms with Gasteiger partial charge in [-0.1, -0.05) is 13.0 Å². The molecule has 0 heterocycles. The smallest absolute Gasteiger partial charge is 0.315 e. The predicted octanol–water partition coefficient (Wildman–Crippen LogP) is 3.13. The van der Waals surface area contributed by atoms with E-state index in [0.29, 0.717) is 36.4 Å². The van der Waals surface area contributed by atoms with Crippen molar-refractivity contribution in [1.29, 1.82) is 0 Å². The number of rotatable bonds is 9. The minimum atomic E-state index is -0.545. The molecule has 0 unspecified atom stereocenters. The fourth-order valence-corrected chi connectivity index (χ4v) is 2.34. The Morgan fingerprint density at radius 1 is 1.29 bits per heavy atom. The Labute approximate surface area is 162 Å². The minimum absolute atomic E-state index is 0.0784. The number of carbonyl (C=O) groups excluding carboxylic acids is 1. The van der Waals surface area contributed by atoms with Gasteiger partial charge in [-0.15, -0.1) is 0 Å². The van der Waals surface area contributed by atoms with E-state index in [1.54, 1.807) is 31.2 Å². The number of carbonyl (C=O) groups is 1. The van der Waals surface area contributed by atoms with Crippen molar-refractivity contribution in [1.82, 2.24) is 5.43 Å². The number of amides is 1. The Hall–Kier alpha value is -3.62. The molecular weight excluding hydrogens is 364 g/mol. The van der Waals surface area contributed by atoms with Crippen LogP contribution < -0.4 is 20.6 Å². The highest BCUT2D eigenvalue weighted by molar-refractivity contribution is 5.95. The van der Waals surface area contributed by atoms with Crippen molar-refractivity contribution in [2.75, 3.05) is 18.9 Å². The van der Waals surface area contributed by atoms with Crippen molar-refractivity contribution >= 4 is 23.5 Å². The third-order valence-electron chi connectivity index (χ3n) is 3.53. The number of nitrogens with zero attached hydrogens (tertiary/aromatic N) is 2. The first-order valence-corrected chi connectivity index (χ1v) is 8.73. The van der Waals surface area contributed by atoms with Crippen molar-refractivity contribution in [2.45, 2.75) is 20.3 Å². The van der Waals surface area contributed by atoms with Crippen LogP contribution in [0.4, 0.5) is 11.4 Å². The van der Waals surface area contributed by atoms with E-state index in [9.17, 15) is 14.9 Å². The molecule has 2 rings (SSSR count). The highest BCUT2D eigenvalue weighted by Crippen LogP contribution is 2.38. The van der Waals surface area contributed by atoms with Crippen molar-refractivity contribution in [3.63, 3.8) is 0 Å². The van der Waals surface area contributed by atoms with Gasteiger partial charge in [0.2, 0.25) is 5.75 Å². The van der Waals surface area contributed by atoms with Crippen LogP contribution in [-0.2, 0) is 0 Å². The lowest BCUT2D eigenvalue weighted by atomic mass is 10.2. The first kappa shape index (κ1) is 20.7. The number of hydrogen-bond donors (Lipinski definition) is 2. The van der Waals surface area contributed by atoms with Gasteiger partial charge in [0.05, 0.1) is 24.4 Å². The zero-order valence-corrected chi connectivity index (χ0v) is 15.7. The molecule has 2 aromatic rings. The molecule has 0 fully saturated rings. The number of hydrogen-bond acceptors (Lipinski definition) is 7. The number of nitro benzene ring substituents is 1. The molecule has 1 amide bonds. The molecule has 0 saturated carbocycles. The molecular formula is C19H22N4O5. The van der Waals surface area contributed by atoms with Crippen LogP contribution in [0.5, 0.6) is 11.5 Å². The molecule has 0 aromatic heterocycles. The van der Waals surface area contributed by atoms with E-state index in [1.165, 1.54) is 18.3 Å². The van der Waals surface area contributed by atoms with Crippen LogP contribution in [0.3, 0.4) is 0 Å². The van der Waals surface area contributed by atoms with Crippen molar-refractivity contribution in [2.24, 2.45) is 5.10 Å². The molecule has 2 aromatic carbocycles. The summed E-state index contributed by atoms with van der Waals surface area (Å²) >= 11 is 0. The number of nitrogens with two attached hydrogens (primary N) is 1. The largest absolute Gasteiger partial charge is 0.490 e. The van der Waals surface area contributed by atoms with Crippen LogP contribution in [0, 0.1) is 10.1 Å². The molecule has 9 heteroatoms. The van der Waals surface area contributed by atoms with Gasteiger partial charge in [0.15, 0.2) is 5.75 Å². The SMILES string of the molecule is CCCOc1c(OCC)cc(/C=N\NC(=O)c2cccc(N)c2)cc1[N+](=O)[O-]. The lowest BCUT2D eigenvalue weighted by Crippen LogP contribution is -2.17. The van der Waals surface area contributed by atoms with E-state index in [4.69, 9.17) is 15.2 Å². The van der Waals surface area contributed by atoms with E-state index in [2.05, 4.69) is 10.5 Å². The average molecular weight is 386 g/mol. The number of nitrogens with one attached hydrogen (secondary N) is 1. The third kappa shape index (κ3) is 5.44. The van der Waals surface area contributed by atoms with Crippen LogP contribution in [0.1, 0.15) is 36.2 Å². The summed E-state index contributed by atoms with van der Waals surface area (Å²) in [4.78, 5) is 23.0. The summed E-state index contributed by atoms with van der Waals surface area (Å²) in [6.07, 6.45) is 1.99. The monoisotopic (exact) mass is 386 g/mol. The van der Waals surface area contributed by atoms with Gasteiger partial charge in [-0.3, -0.25) is 14.9 Å². The summed E-state index contributed by atoms with van der Waals surface area (Å²) in [7, 11) is 0. The van der Waals surface area contributed by atoms with Gasteiger partial charge in [0, 0.05) is 22.9 Å². The molecule has 0 atom stereocenters. The first-order chi connectivity index (χ1) is 13.5. The van der Waals surface area contributed by atoms with Crippen molar-refractivity contribution in [3.8, 4) is 11.5 Å². The van der Waals surface area contributed by atoms with Crippen LogP contribution in [-0.4, -0.2) is 30.3 Å². The van der Waals surface area contributed by atoms with E-state index in [0.717, 1.165) is 0 Å². The van der Waals surface area contributed by atoms with Gasteiger partial charge in [0.1, 0.15) is 0 Å². The molecule has 0 aliphatic carbocycles. The maximum atomic E-state index is 12.1. The van der Waals surface area contributed by atoms with Crippen LogP contribution in [0.15, 0.2) is 41.5 Å². The van der Waals surface area contributed by atoms with E-state index in [1.807, 2.05) is 6.92 Å². The second-order valence-electron chi connectivity index (χ2n) is 5.73. The molecule has 3 N–H and O–H groups in total. The zero-order valence-electron chi connectivity index (χ0n) is 15.7. The van der Waals surface area contributed by atoms with E-state index < -0.39 is 10.8 Å². The van der Waals surface area contributed by atoms with Gasteiger partial charge in [-0.05, 0) is 37.6 Å². The van der Waals surface area contributed by atoms with Gasteiger partial charge in [-0.25, -0.2) is 5.43 Å². The Balaban J connectivity index is 2.25. The number of hydrazone groups is 1. The van der Waals surface area contributed by atoms with Gasteiger partial charge < -0.3 is 15.2 Å². The number of nitro groups is 1. The normalized spacial score (nSPS) is 10.6. The van der Waals surface area contributed by atoms with E-state index >= 15 is 0 Å². The molecule has 9 nitrogen and oxygen atoms in total. The Morgan fingerprint density at radius 2 is 2.07 bits per heavy atom. The minimum Gasteiger partial charge on any atom is -0.490 e. The summed E-state index contributed by atoms with van der Waals surface area (Å²) in [5.41, 5.74) is 8.96. The number of benzene rings is 2. The molecule has 0 spiro atoms. The third-order valence-corrected chi connectivity index (χ3v) is 3.53. The summed E-state index contributed by atoms with van der Waals surface area (Å²) in [5.74, 6) is -0.130. The molecule has 0 aliphatic rings. The van der Waals surface area contributed by atoms with Gasteiger partial charge in [0.25, 0.3) is 5.91 Å². The zero-order chi connectivity index (χ0) is 20.5. The molecule has 0 bridgehead atoms. The summed E-state index contributed by atoms with van der Waals surface area (Å²) < 4.78 is 11.0. The Morgan fingerprint density at radius 3 is 2.71 bits per heavy atom. The second kappa shape index (κ2) is 9.91. The van der Waals surface area contributed by atoms with Crippen molar-refractivity contribution < 1.29 is 19.2 Å². The van der Waals surface area contributed by atoms with Gasteiger partial charge >= 0.3 is 5.69 Å². The van der Waals surface area contributed by atoms with E-state index in [-0.39, 0.29) is 17.2 Å². The molecule has 28 heavy (non-hydrogen) atoms. The lowest BCUT2D eigenvalue weighted by Gasteiger charge is -2.12. The summed E-state index contributed by atoms with van der Waals surface area (Å²) in [6, 6.07) is 9.31. The van der Waals surface area contributed by atoms with Crippen LogP contribution in [0.25, 0.3) is 0 Å². The van der Waals surface area contributed by atoms with Crippen molar-refractivity contribution in [3.05, 3.63) is 57.6 Å². The molecule has 0 saturated heterocycles. The Kier molecular flexibility index (Phi) is 7.32. The highest BCUT2D eigenvalue weighted by atomic mass is 16.6. The predicted molar refractivity (Wildman–Crippen MR) is 106 cm³/mol. The molecule has 148 valence electrons. The lowest BCUT2D eigenvalue weighted by molar-refractivity contribution is -0.386. The number of anilines is 1. The van der Waals surface area contributed by atoms with Crippen LogP contribution in [0.2, 0.25) is 0 Å². The average Bonchev–Trinajstić information content (AvgIpc) is 2.67. The fourth-order valence-electron chi connectivity index (χ4n) is 2.34. The highest BCUT2D eigenvalue weighted by Gasteiger charge is 2.22. The number of ether oxygens (including phenoxy) is 2. The first-order valence-electron chi connectivity index (χ1n) is 8.73. The summed E-state index contributed by atoms with van der Waals surface area (Å²) in [6.45, 7) is 4.30. The van der Waals surface area contributed by atoms with Crippen LogP contribution >= 0.6 is 0 Å². The molecule has 0 aliphatic heterocycles. The maximum absolute atomic E-state index is 12.1. The maximum Gasteiger partial charge on any atom is 0.315 e. The van der Waals surface area contributed by atoms with Gasteiger partial charge in [-0.2, -0.15) is 5.10 Å². The molecule has 0 radical (unpaired) electrons. The number of nitrogen functional groups attached to an aromatic ring is 1. The summed E-state index contributed by atoms with van der Waals surface area (Å²) in [5, 5.41) is 15.3. The standard InChI is InChI=1S/C19H22N4O5/c1-3-8-28-18-16(23(25)26)9-13(10-17(18)27-4-2)12-21-22-19(24)14-6-5-7-15(20)11-14/h5-7,9-12H,3-4,8,20H2,1-2H3,(H,22,24)/b21-12-.